The summed E-state index contributed by atoms with van der Waals surface area (Å²) in [5.74, 6) is -1.25. The summed E-state index contributed by atoms with van der Waals surface area (Å²) in [6.45, 7) is 0.901. The normalized spacial score (nSPS) is 34.2. The maximum absolute atomic E-state index is 12.6. The lowest BCUT2D eigenvalue weighted by Crippen LogP contribution is -2.50. The van der Waals surface area contributed by atoms with Crippen molar-refractivity contribution in [1.82, 2.24) is 5.32 Å². The minimum Gasteiger partial charge on any atom is -0.406 e. The van der Waals surface area contributed by atoms with E-state index >= 15 is 0 Å². The molecule has 3 aliphatic rings. The van der Waals surface area contributed by atoms with Crippen LogP contribution in [0, 0.1) is 0 Å². The largest absolute Gasteiger partial charge is 0.573 e. The second-order valence-electron chi connectivity index (χ2n) is 7.62. The van der Waals surface area contributed by atoms with E-state index in [2.05, 4.69) is 22.2 Å². The topological polar surface area (TPSA) is 43.0 Å². The second-order valence-corrected chi connectivity index (χ2v) is 7.62. The van der Waals surface area contributed by atoms with Crippen LogP contribution in [0.15, 0.2) is 54.6 Å². The molecule has 0 amide bonds. The fourth-order valence-corrected chi connectivity index (χ4v) is 4.68. The highest BCUT2D eigenvalue weighted by atomic mass is 19.4. The molecule has 2 aromatic rings. The fourth-order valence-electron chi connectivity index (χ4n) is 4.68. The Morgan fingerprint density at radius 1 is 1.07 bits per heavy atom. The van der Waals surface area contributed by atoms with Gasteiger partial charge in [0.1, 0.15) is 11.9 Å². The smallest absolute Gasteiger partial charge is 0.406 e. The van der Waals surface area contributed by atoms with E-state index < -0.39 is 17.8 Å². The Hall–Kier alpha value is -2.09. The van der Waals surface area contributed by atoms with Crippen molar-refractivity contribution in [3.63, 3.8) is 0 Å². The predicted octanol–water partition coefficient (Wildman–Crippen LogP) is 4.42. The zero-order valence-corrected chi connectivity index (χ0v) is 15.0. The SMILES string of the molecule is FC(F)(F)Oc1cccc(C23OC2CC2(CCCNC2c2ccccc2)O3)c1. The molecule has 7 heteroatoms. The maximum atomic E-state index is 12.6. The molecule has 28 heavy (non-hydrogen) atoms. The van der Waals surface area contributed by atoms with Gasteiger partial charge >= 0.3 is 6.36 Å². The molecule has 1 N–H and O–H groups in total. The van der Waals surface area contributed by atoms with Gasteiger partial charge in [-0.15, -0.1) is 13.2 Å². The van der Waals surface area contributed by atoms with Crippen molar-refractivity contribution in [2.75, 3.05) is 6.54 Å². The molecule has 0 radical (unpaired) electrons. The summed E-state index contributed by atoms with van der Waals surface area (Å²) >= 11 is 0. The molecule has 3 saturated heterocycles. The lowest BCUT2D eigenvalue weighted by Gasteiger charge is -2.43. The number of benzene rings is 2. The summed E-state index contributed by atoms with van der Waals surface area (Å²) in [5.41, 5.74) is 1.27. The molecule has 0 bridgehead atoms. The van der Waals surface area contributed by atoms with Gasteiger partial charge in [-0.05, 0) is 37.1 Å². The molecular weight excluding hydrogens is 371 g/mol. The Labute approximate surface area is 160 Å². The molecule has 3 aliphatic heterocycles. The molecule has 148 valence electrons. The Bertz CT molecular complexity index is 875. The van der Waals surface area contributed by atoms with Crippen LogP contribution in [0.1, 0.15) is 36.4 Å². The number of hydrogen-bond acceptors (Lipinski definition) is 4. The third kappa shape index (κ3) is 2.98. The summed E-state index contributed by atoms with van der Waals surface area (Å²) < 4.78 is 54.2. The first-order valence-electron chi connectivity index (χ1n) is 9.43. The van der Waals surface area contributed by atoms with Crippen LogP contribution in [-0.4, -0.2) is 24.6 Å². The predicted molar refractivity (Wildman–Crippen MR) is 94.5 cm³/mol. The Balaban J connectivity index is 1.44. The third-order valence-corrected chi connectivity index (χ3v) is 5.82. The second kappa shape index (κ2) is 6.20. The summed E-state index contributed by atoms with van der Waals surface area (Å²) in [6.07, 6.45) is -2.35. The minimum atomic E-state index is -4.73. The van der Waals surface area contributed by atoms with E-state index in [1.54, 1.807) is 6.07 Å². The summed E-state index contributed by atoms with van der Waals surface area (Å²) in [5, 5.41) is 3.57. The number of hydrogen-bond donors (Lipinski definition) is 1. The van der Waals surface area contributed by atoms with Crippen LogP contribution in [0.3, 0.4) is 0 Å². The van der Waals surface area contributed by atoms with Crippen molar-refractivity contribution in [2.24, 2.45) is 0 Å². The van der Waals surface area contributed by atoms with Crippen molar-refractivity contribution >= 4 is 0 Å². The molecule has 3 fully saturated rings. The van der Waals surface area contributed by atoms with E-state index in [1.807, 2.05) is 18.2 Å². The minimum absolute atomic E-state index is 0.0188. The van der Waals surface area contributed by atoms with Gasteiger partial charge in [-0.1, -0.05) is 42.5 Å². The maximum Gasteiger partial charge on any atom is 0.573 e. The van der Waals surface area contributed by atoms with Gasteiger partial charge in [0.15, 0.2) is 0 Å². The molecule has 4 unspecified atom stereocenters. The van der Waals surface area contributed by atoms with Crippen LogP contribution in [-0.2, 0) is 15.3 Å². The van der Waals surface area contributed by atoms with Crippen LogP contribution >= 0.6 is 0 Å². The van der Waals surface area contributed by atoms with E-state index in [-0.39, 0.29) is 17.9 Å². The van der Waals surface area contributed by atoms with Gasteiger partial charge in [-0.3, -0.25) is 0 Å². The number of nitrogens with one attached hydrogen (secondary N) is 1. The van der Waals surface area contributed by atoms with Gasteiger partial charge in [0.25, 0.3) is 0 Å². The van der Waals surface area contributed by atoms with E-state index in [9.17, 15) is 13.2 Å². The van der Waals surface area contributed by atoms with Gasteiger partial charge in [-0.25, -0.2) is 0 Å². The Morgan fingerprint density at radius 2 is 1.89 bits per heavy atom. The molecule has 4 nitrogen and oxygen atoms in total. The Morgan fingerprint density at radius 3 is 2.68 bits per heavy atom. The van der Waals surface area contributed by atoms with Gasteiger partial charge in [-0.2, -0.15) is 0 Å². The average Bonchev–Trinajstić information content (AvgIpc) is 3.25. The molecule has 1 spiro atoms. The first kappa shape index (κ1) is 18.0. The molecule has 3 heterocycles. The van der Waals surface area contributed by atoms with Crippen molar-refractivity contribution in [3.8, 4) is 5.75 Å². The highest BCUT2D eigenvalue weighted by molar-refractivity contribution is 5.37. The van der Waals surface area contributed by atoms with Crippen LogP contribution in [0.4, 0.5) is 13.2 Å². The molecule has 0 saturated carbocycles. The monoisotopic (exact) mass is 391 g/mol. The zero-order valence-electron chi connectivity index (χ0n) is 15.0. The fraction of sp³-hybridized carbons (Fsp3) is 0.429. The molecular formula is C21H20F3NO3. The van der Waals surface area contributed by atoms with E-state index in [4.69, 9.17) is 9.47 Å². The van der Waals surface area contributed by atoms with Crippen LogP contribution < -0.4 is 10.1 Å². The third-order valence-electron chi connectivity index (χ3n) is 5.82. The van der Waals surface area contributed by atoms with E-state index in [1.165, 1.54) is 18.2 Å². The summed E-state index contributed by atoms with van der Waals surface area (Å²) in [4.78, 5) is 0. The molecule has 0 aromatic heterocycles. The average molecular weight is 391 g/mol. The van der Waals surface area contributed by atoms with Crippen LogP contribution in [0.25, 0.3) is 0 Å². The molecule has 2 aromatic carbocycles. The number of halogens is 3. The van der Waals surface area contributed by atoms with Gasteiger partial charge in [0.05, 0.1) is 11.6 Å². The highest BCUT2D eigenvalue weighted by Gasteiger charge is 2.72. The summed E-state index contributed by atoms with van der Waals surface area (Å²) in [7, 11) is 0. The first-order chi connectivity index (χ1) is 13.4. The van der Waals surface area contributed by atoms with Gasteiger partial charge < -0.3 is 19.5 Å². The van der Waals surface area contributed by atoms with Crippen LogP contribution in [0.2, 0.25) is 0 Å². The number of fused-ring (bicyclic) bond motifs is 1. The highest BCUT2D eigenvalue weighted by Crippen LogP contribution is 2.63. The number of epoxide rings is 1. The van der Waals surface area contributed by atoms with Gasteiger partial charge in [0, 0.05) is 12.0 Å². The molecule has 5 rings (SSSR count). The summed E-state index contributed by atoms with van der Waals surface area (Å²) in [6, 6.07) is 16.0. The van der Waals surface area contributed by atoms with Crippen molar-refractivity contribution in [2.45, 2.75) is 49.2 Å². The van der Waals surface area contributed by atoms with Crippen LogP contribution in [0.5, 0.6) is 5.75 Å². The zero-order chi connectivity index (χ0) is 19.4. The standard InChI is InChI=1S/C21H20F3NO3/c22-21(23,24)26-16-9-4-8-15(12-16)20-17(27-20)13-19(28-20)10-5-11-25-18(19)14-6-2-1-3-7-14/h1-4,6-9,12,17-18,25H,5,10-11,13H2. The molecule has 0 aliphatic carbocycles. The number of ether oxygens (including phenoxy) is 3. The van der Waals surface area contributed by atoms with Crippen molar-refractivity contribution < 1.29 is 27.4 Å². The molecule has 4 atom stereocenters. The number of alkyl halides is 3. The Kier molecular flexibility index (Phi) is 3.98. The van der Waals surface area contributed by atoms with E-state index in [0.717, 1.165) is 24.9 Å². The number of piperidine rings is 1. The van der Waals surface area contributed by atoms with Gasteiger partial charge in [0.2, 0.25) is 5.79 Å². The van der Waals surface area contributed by atoms with Crippen molar-refractivity contribution in [1.29, 1.82) is 0 Å². The lowest BCUT2D eigenvalue weighted by molar-refractivity contribution is -0.274. The lowest BCUT2D eigenvalue weighted by atomic mass is 9.79. The van der Waals surface area contributed by atoms with E-state index in [0.29, 0.717) is 12.0 Å². The first-order valence-corrected chi connectivity index (χ1v) is 9.43. The quantitative estimate of drug-likeness (QED) is 0.787. The van der Waals surface area contributed by atoms with Crippen molar-refractivity contribution in [3.05, 3.63) is 65.7 Å². The number of rotatable bonds is 3.